The highest BCUT2D eigenvalue weighted by Gasteiger charge is 2.29. The van der Waals surface area contributed by atoms with Crippen LogP contribution in [0.25, 0.3) is 11.4 Å². The number of hydrogen-bond acceptors (Lipinski definition) is 8. The van der Waals surface area contributed by atoms with Crippen molar-refractivity contribution in [3.63, 3.8) is 0 Å². The second kappa shape index (κ2) is 10.1. The number of para-hydroxylation sites is 1. The number of pyridine rings is 1. The number of amides is 2. The van der Waals surface area contributed by atoms with E-state index in [4.69, 9.17) is 4.74 Å². The third kappa shape index (κ3) is 4.96. The van der Waals surface area contributed by atoms with Crippen LogP contribution in [0.2, 0.25) is 0 Å². The van der Waals surface area contributed by atoms with Gasteiger partial charge in [-0.3, -0.25) is 9.59 Å². The molecule has 178 valence electrons. The first-order chi connectivity index (χ1) is 16.4. The van der Waals surface area contributed by atoms with Gasteiger partial charge in [0.1, 0.15) is 5.49 Å². The van der Waals surface area contributed by atoms with E-state index in [-0.39, 0.29) is 17.7 Å². The highest BCUT2D eigenvalue weighted by molar-refractivity contribution is 7.97. The SMILES string of the molecule is CNC(=O)c1cn(CSC)c(=NC(=O)C2CC2)cc1Nc1cccc(-c2nnn(C)n2)c1OC. The topological polar surface area (TPSA) is 128 Å². The van der Waals surface area contributed by atoms with E-state index < -0.39 is 0 Å². The van der Waals surface area contributed by atoms with E-state index in [1.54, 1.807) is 49.8 Å². The fourth-order valence-corrected chi connectivity index (χ4v) is 3.93. The van der Waals surface area contributed by atoms with Crippen LogP contribution in [0.15, 0.2) is 35.5 Å². The van der Waals surface area contributed by atoms with Crippen LogP contribution in [0.4, 0.5) is 11.4 Å². The lowest BCUT2D eigenvalue weighted by Gasteiger charge is -2.17. The zero-order chi connectivity index (χ0) is 24.2. The van der Waals surface area contributed by atoms with Gasteiger partial charge in [-0.15, -0.1) is 22.0 Å². The van der Waals surface area contributed by atoms with E-state index in [1.807, 2.05) is 24.5 Å². The van der Waals surface area contributed by atoms with Gasteiger partial charge in [-0.25, -0.2) is 0 Å². The molecular formula is C22H26N8O3S. The first-order valence-corrected chi connectivity index (χ1v) is 12.1. The fraction of sp³-hybridized carbons (Fsp3) is 0.364. The molecule has 1 aliphatic rings. The first-order valence-electron chi connectivity index (χ1n) is 10.7. The smallest absolute Gasteiger partial charge is 0.254 e. The number of aryl methyl sites for hydroxylation is 1. The Balaban J connectivity index is 1.83. The van der Waals surface area contributed by atoms with Crippen LogP contribution in [0.5, 0.6) is 5.75 Å². The summed E-state index contributed by atoms with van der Waals surface area (Å²) in [4.78, 5) is 30.9. The quantitative estimate of drug-likeness (QED) is 0.499. The number of rotatable bonds is 8. The minimum Gasteiger partial charge on any atom is -0.494 e. The second-order valence-electron chi connectivity index (χ2n) is 7.76. The molecule has 0 aliphatic heterocycles. The van der Waals surface area contributed by atoms with Crippen molar-refractivity contribution >= 4 is 35.0 Å². The van der Waals surface area contributed by atoms with Crippen molar-refractivity contribution in [2.75, 3.05) is 25.7 Å². The van der Waals surface area contributed by atoms with E-state index in [2.05, 4.69) is 31.0 Å². The predicted molar refractivity (Wildman–Crippen MR) is 129 cm³/mol. The molecule has 0 saturated heterocycles. The first kappa shape index (κ1) is 23.5. The molecule has 2 N–H and O–H groups in total. The summed E-state index contributed by atoms with van der Waals surface area (Å²) in [6.45, 7) is 0. The molecule has 0 unspecified atom stereocenters. The third-order valence-electron chi connectivity index (χ3n) is 5.27. The van der Waals surface area contributed by atoms with E-state index in [9.17, 15) is 9.59 Å². The Bertz CT molecular complexity index is 1300. The van der Waals surface area contributed by atoms with Crippen LogP contribution >= 0.6 is 11.8 Å². The minimum atomic E-state index is -0.275. The van der Waals surface area contributed by atoms with Gasteiger partial charge in [-0.1, -0.05) is 6.07 Å². The van der Waals surface area contributed by atoms with Crippen molar-refractivity contribution in [1.82, 2.24) is 30.1 Å². The summed E-state index contributed by atoms with van der Waals surface area (Å²) in [5.41, 5.74) is 2.61. The summed E-state index contributed by atoms with van der Waals surface area (Å²) >= 11 is 1.56. The van der Waals surface area contributed by atoms with Crippen LogP contribution in [-0.2, 0) is 17.7 Å². The Morgan fingerprint density at radius 2 is 2.09 bits per heavy atom. The lowest BCUT2D eigenvalue weighted by molar-refractivity contribution is -0.119. The molecule has 34 heavy (non-hydrogen) atoms. The number of nitrogens with one attached hydrogen (secondary N) is 2. The van der Waals surface area contributed by atoms with Gasteiger partial charge in [-0.2, -0.15) is 9.79 Å². The molecule has 2 heterocycles. The van der Waals surface area contributed by atoms with Crippen molar-refractivity contribution in [2.24, 2.45) is 18.0 Å². The maximum atomic E-state index is 12.7. The number of tetrazole rings is 1. The van der Waals surface area contributed by atoms with Crippen molar-refractivity contribution in [3.05, 3.63) is 41.5 Å². The van der Waals surface area contributed by atoms with Crippen LogP contribution in [-0.4, -0.2) is 57.0 Å². The molecule has 0 radical (unpaired) electrons. The number of thioether (sulfide) groups is 1. The standard InChI is InChI=1S/C22H26N8O3S/c1-23-22(32)15-11-30(12-34-4)18(25-21(31)13-8-9-13)10-17(15)24-16-7-5-6-14(19(16)33-3)20-26-28-29(2)27-20/h5-7,10-11,13,24H,8-9,12H2,1-4H3,(H,23,32). The molecule has 3 aromatic rings. The predicted octanol–water partition coefficient (Wildman–Crippen LogP) is 1.95. The van der Waals surface area contributed by atoms with Crippen LogP contribution in [0.3, 0.4) is 0 Å². The van der Waals surface area contributed by atoms with Crippen molar-refractivity contribution in [2.45, 2.75) is 18.7 Å². The normalized spacial score (nSPS) is 13.6. The molecule has 4 rings (SSSR count). The molecule has 0 spiro atoms. The number of carbonyl (C=O) groups is 2. The summed E-state index contributed by atoms with van der Waals surface area (Å²) in [6.07, 6.45) is 5.39. The maximum absolute atomic E-state index is 12.7. The highest BCUT2D eigenvalue weighted by Crippen LogP contribution is 2.36. The largest absolute Gasteiger partial charge is 0.494 e. The molecule has 1 saturated carbocycles. The number of nitrogens with zero attached hydrogens (tertiary/aromatic N) is 6. The lowest BCUT2D eigenvalue weighted by atomic mass is 10.1. The summed E-state index contributed by atoms with van der Waals surface area (Å²) in [6, 6.07) is 7.19. The highest BCUT2D eigenvalue weighted by atomic mass is 32.2. The number of hydrogen-bond donors (Lipinski definition) is 2. The molecule has 0 bridgehead atoms. The summed E-state index contributed by atoms with van der Waals surface area (Å²) < 4.78 is 7.47. The number of benzene rings is 1. The average Bonchev–Trinajstić information content (AvgIpc) is 3.60. The third-order valence-corrected chi connectivity index (χ3v) is 5.81. The van der Waals surface area contributed by atoms with E-state index in [1.165, 1.54) is 4.80 Å². The molecular weight excluding hydrogens is 456 g/mol. The van der Waals surface area contributed by atoms with Gasteiger partial charge >= 0.3 is 0 Å². The zero-order valence-corrected chi connectivity index (χ0v) is 20.2. The number of carbonyl (C=O) groups excluding carboxylic acids is 2. The van der Waals surface area contributed by atoms with Crippen molar-refractivity contribution in [1.29, 1.82) is 0 Å². The van der Waals surface area contributed by atoms with Crippen molar-refractivity contribution < 1.29 is 14.3 Å². The summed E-state index contributed by atoms with van der Waals surface area (Å²) in [5, 5.41) is 18.2. The zero-order valence-electron chi connectivity index (χ0n) is 19.4. The number of methoxy groups -OCH3 is 1. The molecule has 1 aliphatic carbocycles. The van der Waals surface area contributed by atoms with Gasteiger partial charge in [0.2, 0.25) is 5.82 Å². The van der Waals surface area contributed by atoms with Crippen molar-refractivity contribution in [3.8, 4) is 17.1 Å². The number of anilines is 2. The van der Waals surface area contributed by atoms with E-state index in [0.717, 1.165) is 12.8 Å². The molecule has 12 heteroatoms. The van der Waals surface area contributed by atoms with Gasteiger partial charge in [0, 0.05) is 25.2 Å². The average molecular weight is 483 g/mol. The molecule has 1 aromatic carbocycles. The van der Waals surface area contributed by atoms with Gasteiger partial charge in [-0.05, 0) is 36.4 Å². The Kier molecular flexibility index (Phi) is 6.96. The Morgan fingerprint density at radius 1 is 1.29 bits per heavy atom. The van der Waals surface area contributed by atoms with Gasteiger partial charge in [0.15, 0.2) is 5.75 Å². The number of aromatic nitrogens is 5. The van der Waals surface area contributed by atoms with Gasteiger partial charge < -0.3 is 19.9 Å². The lowest BCUT2D eigenvalue weighted by Crippen LogP contribution is -2.27. The fourth-order valence-electron chi connectivity index (χ4n) is 3.44. The molecule has 1 fully saturated rings. The maximum Gasteiger partial charge on any atom is 0.254 e. The van der Waals surface area contributed by atoms with Crippen LogP contribution < -0.4 is 20.9 Å². The second-order valence-corrected chi connectivity index (χ2v) is 8.60. The molecule has 0 atom stereocenters. The molecule has 2 aromatic heterocycles. The van der Waals surface area contributed by atoms with Gasteiger partial charge in [0.05, 0.1) is 42.5 Å². The monoisotopic (exact) mass is 482 g/mol. The minimum absolute atomic E-state index is 0.00554. The Morgan fingerprint density at radius 3 is 2.71 bits per heavy atom. The van der Waals surface area contributed by atoms with E-state index >= 15 is 0 Å². The Hall–Kier alpha value is -3.67. The van der Waals surface area contributed by atoms with Crippen LogP contribution in [0, 0.1) is 5.92 Å². The summed E-state index contributed by atoms with van der Waals surface area (Å²) in [7, 11) is 4.80. The summed E-state index contributed by atoms with van der Waals surface area (Å²) in [5.74, 6) is 1.02. The van der Waals surface area contributed by atoms with Gasteiger partial charge in [0.25, 0.3) is 11.8 Å². The van der Waals surface area contributed by atoms with E-state index in [0.29, 0.717) is 45.4 Å². The van der Waals surface area contributed by atoms with Crippen LogP contribution in [0.1, 0.15) is 23.2 Å². The Labute approximate surface area is 200 Å². The number of ether oxygens (including phenoxy) is 1. The molecule has 2 amide bonds. The molecule has 11 nitrogen and oxygen atoms in total.